The number of amides is 1. The third kappa shape index (κ3) is 5.62. The third-order valence-electron chi connectivity index (χ3n) is 7.63. The van der Waals surface area contributed by atoms with Gasteiger partial charge in [0.15, 0.2) is 5.52 Å². The molecular weight excluding hydrogens is 506 g/mol. The van der Waals surface area contributed by atoms with Crippen LogP contribution >= 0.6 is 0 Å². The predicted octanol–water partition coefficient (Wildman–Crippen LogP) is 5.39. The summed E-state index contributed by atoms with van der Waals surface area (Å²) in [5.74, 6) is 5.22. The molecule has 1 saturated carbocycles. The van der Waals surface area contributed by atoms with E-state index in [2.05, 4.69) is 41.8 Å². The highest BCUT2D eigenvalue weighted by Gasteiger charge is 2.37. The van der Waals surface area contributed by atoms with Gasteiger partial charge in [0.2, 0.25) is 0 Å². The highest BCUT2D eigenvalue weighted by Crippen LogP contribution is 2.40. The molecule has 0 spiro atoms. The number of carbonyl (C=O) groups excluding carboxylic acids is 1. The van der Waals surface area contributed by atoms with Crippen molar-refractivity contribution in [1.82, 2.24) is 14.8 Å². The zero-order valence-corrected chi connectivity index (χ0v) is 24.5. The van der Waals surface area contributed by atoms with Crippen molar-refractivity contribution < 1.29 is 19.4 Å². The molecule has 0 radical (unpaired) electrons. The van der Waals surface area contributed by atoms with Crippen molar-refractivity contribution in [1.29, 1.82) is 0 Å². The summed E-state index contributed by atoms with van der Waals surface area (Å²) < 4.78 is 7.75. The predicted molar refractivity (Wildman–Crippen MR) is 157 cm³/mol. The highest BCUT2D eigenvalue weighted by atomic mass is 16.5. The molecule has 40 heavy (non-hydrogen) atoms. The van der Waals surface area contributed by atoms with Crippen LogP contribution in [-0.4, -0.2) is 50.9 Å². The molecule has 1 unspecified atom stereocenters. The monoisotopic (exact) mass is 545 g/mol. The second-order valence-electron chi connectivity index (χ2n) is 10.5. The van der Waals surface area contributed by atoms with Gasteiger partial charge in [-0.25, -0.2) is 4.98 Å². The molecule has 1 N–H and O–H groups in total. The number of fused-ring (bicyclic) bond motifs is 1. The van der Waals surface area contributed by atoms with Gasteiger partial charge in [-0.05, 0) is 87.3 Å². The van der Waals surface area contributed by atoms with E-state index in [0.29, 0.717) is 36.0 Å². The molecule has 1 saturated heterocycles. The maximum atomic E-state index is 13.5. The average molecular weight is 546 g/mol. The number of pyridine rings is 1. The summed E-state index contributed by atoms with van der Waals surface area (Å²) in [6, 6.07) is 7.86. The normalized spacial score (nSPS) is 19.7. The minimum Gasteiger partial charge on any atom is -0.481 e. The highest BCUT2D eigenvalue weighted by molar-refractivity contribution is 6.12. The van der Waals surface area contributed by atoms with Crippen LogP contribution < -0.4 is 14.5 Å². The molecule has 1 aliphatic heterocycles. The van der Waals surface area contributed by atoms with Gasteiger partial charge in [-0.3, -0.25) is 19.2 Å². The Bertz CT molecular complexity index is 1480. The first-order valence-electron chi connectivity index (χ1n) is 14.0. The zero-order valence-electron chi connectivity index (χ0n) is 24.5. The summed E-state index contributed by atoms with van der Waals surface area (Å²) in [4.78, 5) is 33.5. The molecule has 1 aliphatic carbocycles. The smallest absolute Gasteiger partial charge is 0.308 e. The van der Waals surface area contributed by atoms with E-state index in [1.807, 2.05) is 32.9 Å². The molecule has 1 amide bonds. The number of benzene rings is 1. The van der Waals surface area contributed by atoms with Crippen LogP contribution in [0.5, 0.6) is 5.88 Å². The van der Waals surface area contributed by atoms with E-state index in [1.165, 1.54) is 0 Å². The van der Waals surface area contributed by atoms with E-state index in [-0.39, 0.29) is 12.0 Å². The summed E-state index contributed by atoms with van der Waals surface area (Å²) in [5, 5.41) is 13.7. The van der Waals surface area contributed by atoms with Gasteiger partial charge in [-0.2, -0.15) is 0 Å². The van der Waals surface area contributed by atoms with Gasteiger partial charge in [0.05, 0.1) is 22.8 Å². The summed E-state index contributed by atoms with van der Waals surface area (Å²) in [7, 11) is 1.80. The van der Waals surface area contributed by atoms with Crippen LogP contribution in [0.2, 0.25) is 0 Å². The fraction of sp³-hybridized carbons (Fsp3) is 0.484. The Morgan fingerprint density at radius 2 is 1.85 bits per heavy atom. The Kier molecular flexibility index (Phi) is 8.67. The number of nitrogens with zero attached hydrogens (tertiary/aromatic N) is 5. The fourth-order valence-electron chi connectivity index (χ4n) is 5.19. The summed E-state index contributed by atoms with van der Waals surface area (Å²) in [6.45, 7) is 13.8. The quantitative estimate of drug-likeness (QED) is 0.415. The van der Waals surface area contributed by atoms with Crippen molar-refractivity contribution in [3.05, 3.63) is 35.4 Å². The van der Waals surface area contributed by atoms with Crippen LogP contribution in [0.1, 0.15) is 58.1 Å². The number of anilines is 3. The van der Waals surface area contributed by atoms with Gasteiger partial charge < -0.3 is 14.7 Å². The van der Waals surface area contributed by atoms with E-state index < -0.39 is 11.9 Å². The summed E-state index contributed by atoms with van der Waals surface area (Å²) in [6.07, 6.45) is 1.74. The number of aliphatic carboxylic acids is 1. The van der Waals surface area contributed by atoms with Crippen LogP contribution in [0.15, 0.2) is 24.3 Å². The van der Waals surface area contributed by atoms with Gasteiger partial charge in [-0.1, -0.05) is 26.7 Å². The zero-order chi connectivity index (χ0) is 29.1. The van der Waals surface area contributed by atoms with E-state index in [4.69, 9.17) is 9.72 Å². The minimum atomic E-state index is -0.807. The molecule has 9 nitrogen and oxygen atoms in total. The number of carboxylic acid groups (broad SMARTS) is 1. The van der Waals surface area contributed by atoms with Crippen LogP contribution in [0.3, 0.4) is 0 Å². The lowest BCUT2D eigenvalue weighted by atomic mass is 9.82. The number of aromatic nitrogens is 3. The Morgan fingerprint density at radius 1 is 1.15 bits per heavy atom. The Hall–Kier alpha value is -4.06. The molecule has 3 aromatic rings. The summed E-state index contributed by atoms with van der Waals surface area (Å²) >= 11 is 0. The van der Waals surface area contributed by atoms with Crippen molar-refractivity contribution in [2.75, 3.05) is 22.9 Å². The molecule has 2 aliphatic rings. The van der Waals surface area contributed by atoms with Gasteiger partial charge in [0.25, 0.3) is 5.88 Å². The molecule has 9 heteroatoms. The van der Waals surface area contributed by atoms with Crippen molar-refractivity contribution in [2.24, 2.45) is 18.9 Å². The maximum Gasteiger partial charge on any atom is 0.308 e. The number of aryl methyl sites for hydroxylation is 3. The van der Waals surface area contributed by atoms with Crippen molar-refractivity contribution in [3.63, 3.8) is 0 Å². The van der Waals surface area contributed by atoms with Crippen molar-refractivity contribution >= 4 is 40.1 Å². The lowest BCUT2D eigenvalue weighted by molar-refractivity contribution is -0.148. The largest absolute Gasteiger partial charge is 0.481 e. The van der Waals surface area contributed by atoms with Crippen LogP contribution in [-0.2, 0) is 16.6 Å². The number of rotatable bonds is 6. The SMILES string of the molecule is CC.CC#CC(=O)N(c1ccc2c(n1)c(OC1CC(C(=O)O)C1)nn2C)c1cc(C)c(C)cc1N1CCC(C)C1. The van der Waals surface area contributed by atoms with Crippen LogP contribution in [0.4, 0.5) is 17.2 Å². The first kappa shape index (κ1) is 28.9. The Morgan fingerprint density at radius 3 is 2.48 bits per heavy atom. The first-order valence-corrected chi connectivity index (χ1v) is 14.0. The van der Waals surface area contributed by atoms with Crippen molar-refractivity contribution in [2.45, 2.75) is 66.9 Å². The Labute approximate surface area is 236 Å². The first-order chi connectivity index (χ1) is 19.2. The second kappa shape index (κ2) is 12.0. The number of carboxylic acids is 1. The standard InChI is InChI=1S/C29H33N5O4.C2H6/c1-6-7-26(35)34(24-13-19(4)18(3)12-23(24)33-11-10-17(2)16-33)25-9-8-22-27(30-25)28(31-32(22)5)38-21-14-20(15-21)29(36)37;1-2/h8-9,12-13,17,20-21H,10-11,14-16H2,1-5H3,(H,36,37);1-2H3. The fourth-order valence-corrected chi connectivity index (χ4v) is 5.19. The Balaban J connectivity index is 0.00000181. The molecule has 1 aromatic carbocycles. The van der Waals surface area contributed by atoms with E-state index in [1.54, 1.807) is 29.6 Å². The third-order valence-corrected chi connectivity index (χ3v) is 7.63. The van der Waals surface area contributed by atoms with Crippen LogP contribution in [0.25, 0.3) is 11.0 Å². The summed E-state index contributed by atoms with van der Waals surface area (Å²) in [5.41, 5.74) is 5.23. The number of carbonyl (C=O) groups is 2. The number of hydrogen-bond donors (Lipinski definition) is 1. The molecule has 212 valence electrons. The topological polar surface area (TPSA) is 101 Å². The van der Waals surface area contributed by atoms with E-state index in [0.717, 1.165) is 47.5 Å². The van der Waals surface area contributed by atoms with Crippen molar-refractivity contribution in [3.8, 4) is 17.7 Å². The van der Waals surface area contributed by atoms with Gasteiger partial charge in [-0.15, -0.1) is 5.10 Å². The van der Waals surface area contributed by atoms with Gasteiger partial charge in [0, 0.05) is 20.1 Å². The second-order valence-corrected chi connectivity index (χ2v) is 10.5. The molecule has 2 fully saturated rings. The lowest BCUT2D eigenvalue weighted by Crippen LogP contribution is -2.38. The molecule has 2 aromatic heterocycles. The maximum absolute atomic E-state index is 13.5. The minimum absolute atomic E-state index is 0.230. The number of ether oxygens (including phenoxy) is 1. The van der Waals surface area contributed by atoms with Crippen LogP contribution in [0, 0.1) is 37.5 Å². The van der Waals surface area contributed by atoms with E-state index >= 15 is 0 Å². The molecule has 3 heterocycles. The van der Waals surface area contributed by atoms with Gasteiger partial charge >= 0.3 is 11.9 Å². The molecular formula is C31H39N5O4. The average Bonchev–Trinajstić information content (AvgIpc) is 3.47. The van der Waals surface area contributed by atoms with Gasteiger partial charge in [0.1, 0.15) is 11.9 Å². The lowest BCUT2D eigenvalue weighted by Gasteiger charge is -2.31. The molecule has 5 rings (SSSR count). The van der Waals surface area contributed by atoms with E-state index in [9.17, 15) is 14.7 Å². The number of hydrogen-bond acceptors (Lipinski definition) is 6. The molecule has 0 bridgehead atoms. The molecule has 1 atom stereocenters.